The first kappa shape index (κ1) is 13.9. The van der Waals surface area contributed by atoms with Gasteiger partial charge in [0.1, 0.15) is 0 Å². The van der Waals surface area contributed by atoms with E-state index in [9.17, 15) is 8.42 Å². The molecule has 0 N–H and O–H groups in total. The third-order valence-electron chi connectivity index (χ3n) is 2.44. The van der Waals surface area contributed by atoms with Gasteiger partial charge in [-0.3, -0.25) is 0 Å². The number of methoxy groups -OCH3 is 1. The molecule has 0 aliphatic carbocycles. The maximum Gasteiger partial charge on any atom is 0.260 e. The lowest BCUT2D eigenvalue weighted by Crippen LogP contribution is -2.26. The van der Waals surface area contributed by atoms with Gasteiger partial charge < -0.3 is 4.74 Å². The lowest BCUT2D eigenvalue weighted by molar-refractivity contribution is 0.401. The van der Waals surface area contributed by atoms with Crippen LogP contribution in [0, 0.1) is 0 Å². The zero-order chi connectivity index (χ0) is 13.9. The summed E-state index contributed by atoms with van der Waals surface area (Å²) in [5.41, 5.74) is 0. The molecule has 0 aliphatic heterocycles. The molecule has 6 nitrogen and oxygen atoms in total. The molecule has 0 aromatic carbocycles. The van der Waals surface area contributed by atoms with E-state index in [2.05, 4.69) is 9.36 Å². The van der Waals surface area contributed by atoms with Crippen LogP contribution in [-0.2, 0) is 16.6 Å². The Morgan fingerprint density at radius 2 is 2.21 bits per heavy atom. The van der Waals surface area contributed by atoms with Crippen LogP contribution in [0.5, 0.6) is 5.88 Å². The van der Waals surface area contributed by atoms with Crippen molar-refractivity contribution in [3.05, 3.63) is 35.3 Å². The molecular formula is C11H13N3O3S2. The van der Waals surface area contributed by atoms with E-state index in [-0.39, 0.29) is 11.6 Å². The molecule has 2 heterocycles. The highest BCUT2D eigenvalue weighted by Gasteiger charge is 2.22. The lowest BCUT2D eigenvalue weighted by Gasteiger charge is -2.14. The van der Waals surface area contributed by atoms with Gasteiger partial charge in [-0.2, -0.15) is 8.68 Å². The molecule has 2 rings (SSSR count). The Kier molecular flexibility index (Phi) is 4.13. The van der Waals surface area contributed by atoms with Crippen molar-refractivity contribution in [1.29, 1.82) is 0 Å². The summed E-state index contributed by atoms with van der Waals surface area (Å²) in [6.07, 6.45) is 1.45. The van der Waals surface area contributed by atoms with Gasteiger partial charge in [0, 0.05) is 30.7 Å². The summed E-state index contributed by atoms with van der Waals surface area (Å²) >= 11 is 1.21. The van der Waals surface area contributed by atoms with Crippen LogP contribution < -0.4 is 4.74 Å². The Hall–Kier alpha value is -1.51. The Morgan fingerprint density at radius 1 is 1.42 bits per heavy atom. The highest BCUT2D eigenvalue weighted by atomic mass is 32.2. The number of hydrogen-bond acceptors (Lipinski definition) is 6. The third kappa shape index (κ3) is 3.09. The third-order valence-corrected chi connectivity index (χ3v) is 4.91. The Balaban J connectivity index is 2.17. The Bertz CT molecular complexity index is 640. The molecule has 0 fully saturated rings. The molecule has 0 amide bonds. The maximum atomic E-state index is 12.2. The average Bonchev–Trinajstić information content (AvgIpc) is 2.87. The average molecular weight is 299 g/mol. The standard InChI is InChI=1S/C11H13N3O3S2/c1-14(8-9-7-10(17-2)13-18-9)19(15,16)11-5-3-4-6-12-11/h3-7H,8H2,1-2H3. The second-order valence-corrected chi connectivity index (χ2v) is 6.65. The largest absolute Gasteiger partial charge is 0.480 e. The molecule has 2 aromatic heterocycles. The molecule has 0 spiro atoms. The van der Waals surface area contributed by atoms with Crippen molar-refractivity contribution in [2.24, 2.45) is 0 Å². The minimum atomic E-state index is -3.57. The van der Waals surface area contributed by atoms with Gasteiger partial charge in [-0.05, 0) is 23.7 Å². The quantitative estimate of drug-likeness (QED) is 0.833. The summed E-state index contributed by atoms with van der Waals surface area (Å²) < 4.78 is 34.7. The van der Waals surface area contributed by atoms with Crippen LogP contribution in [0.1, 0.15) is 4.88 Å². The van der Waals surface area contributed by atoms with Gasteiger partial charge in [-0.15, -0.1) is 0 Å². The number of ether oxygens (including phenoxy) is 1. The van der Waals surface area contributed by atoms with Crippen LogP contribution in [0.4, 0.5) is 0 Å². The van der Waals surface area contributed by atoms with E-state index >= 15 is 0 Å². The predicted molar refractivity (Wildman–Crippen MR) is 71.6 cm³/mol. The van der Waals surface area contributed by atoms with Crippen molar-refractivity contribution in [2.75, 3.05) is 14.2 Å². The SMILES string of the molecule is COc1cc(CN(C)S(=O)(=O)c2ccccn2)sn1. The summed E-state index contributed by atoms with van der Waals surface area (Å²) in [5.74, 6) is 0.489. The van der Waals surface area contributed by atoms with E-state index < -0.39 is 10.0 Å². The number of sulfonamides is 1. The van der Waals surface area contributed by atoms with Crippen LogP contribution in [0.25, 0.3) is 0 Å². The van der Waals surface area contributed by atoms with Gasteiger partial charge in [0.15, 0.2) is 5.03 Å². The Labute approximate surface area is 115 Å². The second kappa shape index (κ2) is 5.64. The van der Waals surface area contributed by atoms with E-state index in [0.29, 0.717) is 5.88 Å². The zero-order valence-electron chi connectivity index (χ0n) is 10.5. The van der Waals surface area contributed by atoms with Gasteiger partial charge in [-0.1, -0.05) is 6.07 Å². The summed E-state index contributed by atoms with van der Waals surface area (Å²) in [7, 11) is -0.543. The first-order valence-electron chi connectivity index (χ1n) is 5.41. The summed E-state index contributed by atoms with van der Waals surface area (Å²) in [5, 5.41) is 0.0361. The monoisotopic (exact) mass is 299 g/mol. The Morgan fingerprint density at radius 3 is 2.79 bits per heavy atom. The van der Waals surface area contributed by atoms with Crippen LogP contribution in [0.3, 0.4) is 0 Å². The zero-order valence-corrected chi connectivity index (χ0v) is 12.1. The molecule has 0 aliphatic rings. The molecule has 0 saturated heterocycles. The van der Waals surface area contributed by atoms with Crippen LogP contribution in [0.15, 0.2) is 35.5 Å². The molecule has 102 valence electrons. The molecule has 19 heavy (non-hydrogen) atoms. The van der Waals surface area contributed by atoms with E-state index in [1.807, 2.05) is 0 Å². The van der Waals surface area contributed by atoms with Crippen LogP contribution >= 0.6 is 11.5 Å². The first-order valence-corrected chi connectivity index (χ1v) is 7.62. The number of pyridine rings is 1. The molecule has 0 radical (unpaired) electrons. The number of rotatable bonds is 5. The fourth-order valence-electron chi connectivity index (χ4n) is 1.43. The molecule has 2 aromatic rings. The molecule has 0 bridgehead atoms. The smallest absolute Gasteiger partial charge is 0.260 e. The van der Waals surface area contributed by atoms with Crippen molar-refractivity contribution >= 4 is 21.6 Å². The van der Waals surface area contributed by atoms with E-state index in [1.165, 1.54) is 42.3 Å². The highest BCUT2D eigenvalue weighted by molar-refractivity contribution is 7.89. The van der Waals surface area contributed by atoms with Crippen molar-refractivity contribution < 1.29 is 13.2 Å². The van der Waals surface area contributed by atoms with E-state index in [0.717, 1.165) is 4.88 Å². The second-order valence-electron chi connectivity index (χ2n) is 3.76. The molecule has 0 saturated carbocycles. The van der Waals surface area contributed by atoms with E-state index in [4.69, 9.17) is 4.74 Å². The lowest BCUT2D eigenvalue weighted by atomic mass is 10.5. The molecule has 0 atom stereocenters. The van der Waals surface area contributed by atoms with Crippen molar-refractivity contribution in [2.45, 2.75) is 11.6 Å². The van der Waals surface area contributed by atoms with Crippen LogP contribution in [0.2, 0.25) is 0 Å². The van der Waals surface area contributed by atoms with Gasteiger partial charge >= 0.3 is 0 Å². The van der Waals surface area contributed by atoms with Gasteiger partial charge in [-0.25, -0.2) is 13.4 Å². The number of nitrogens with zero attached hydrogens (tertiary/aromatic N) is 3. The molecule has 8 heteroatoms. The van der Waals surface area contributed by atoms with E-state index in [1.54, 1.807) is 18.2 Å². The normalized spacial score (nSPS) is 11.7. The highest BCUT2D eigenvalue weighted by Crippen LogP contribution is 2.20. The molecule has 0 unspecified atom stereocenters. The van der Waals surface area contributed by atoms with Crippen LogP contribution in [-0.4, -0.2) is 36.2 Å². The fourth-order valence-corrected chi connectivity index (χ4v) is 3.32. The number of aromatic nitrogens is 2. The van der Waals surface area contributed by atoms with Gasteiger partial charge in [0.25, 0.3) is 10.0 Å². The van der Waals surface area contributed by atoms with Gasteiger partial charge in [0.05, 0.1) is 7.11 Å². The maximum absolute atomic E-state index is 12.2. The topological polar surface area (TPSA) is 72.4 Å². The van der Waals surface area contributed by atoms with Crippen molar-refractivity contribution in [1.82, 2.24) is 13.7 Å². The molecular weight excluding hydrogens is 286 g/mol. The summed E-state index contributed by atoms with van der Waals surface area (Å²) in [6, 6.07) is 6.50. The summed E-state index contributed by atoms with van der Waals surface area (Å²) in [4.78, 5) is 4.67. The minimum absolute atomic E-state index is 0.0361. The van der Waals surface area contributed by atoms with Gasteiger partial charge in [0.2, 0.25) is 5.88 Å². The predicted octanol–water partition coefficient (Wildman–Crippen LogP) is 1.37. The summed E-state index contributed by atoms with van der Waals surface area (Å²) in [6.45, 7) is 0.236. The number of hydrogen-bond donors (Lipinski definition) is 0. The first-order chi connectivity index (χ1) is 9.04. The fraction of sp³-hybridized carbons (Fsp3) is 0.273. The minimum Gasteiger partial charge on any atom is -0.480 e. The van der Waals surface area contributed by atoms with Crippen molar-refractivity contribution in [3.8, 4) is 5.88 Å². The van der Waals surface area contributed by atoms with Crippen molar-refractivity contribution in [3.63, 3.8) is 0 Å².